The standard InChI is InChI=1S/C48H36N5O5S2.C38H22N4OS2.C18H8Br2N4OS2.C10H14BrNO4.BrH/c54-41-21-22-42(55)53(41)57-43(56)18-2-1-7-25-52-26-23-32(24-27-52)45-44(40-28-33(29-59-40)36-16-8-12-30-10-3-5-14-34(30)36)47-48(51-58-50-47)46(49-45)39-20-19-38(60-39)37-17-9-13-31-11-4-6-15-35(31)37;1-3-11-27-23(7-1)9-5-13-29(27)26-21-33(44-22-26)34-35(25-17-19-39-20-18-25)40-36(38-37(34)41-43-42-38)32-16-15-31(45-32)30-14-6-10-24-8-2-4-12-28(24)30;19-10-7-12(26-8-10)14-15(9-3-5-21-6-4-9)22-16(11-1-2-13(20)27-11)18-17(14)23-25-24-18;11-7-3-1-2-4-10(15)16-12-8(13)5-6-9(12)14;/h3-6,8-17,19-20,23-24,26-29H,1-2,7,18,21-22,25H2;1-22H;1-8H;1-7H2;1H/q+1;;;;/p-1. The van der Waals surface area contributed by atoms with Crippen LogP contribution in [0.25, 0.3) is 216 Å². The summed E-state index contributed by atoms with van der Waals surface area (Å²) in [7, 11) is 0. The lowest BCUT2D eigenvalue weighted by atomic mass is 9.98. The van der Waals surface area contributed by atoms with E-state index >= 15 is 0 Å². The molecule has 25 nitrogen and oxygen atoms in total. The lowest BCUT2D eigenvalue weighted by molar-refractivity contribution is -0.697. The van der Waals surface area contributed by atoms with E-state index in [-0.39, 0.29) is 55.5 Å². The molecule has 17 heterocycles. The van der Waals surface area contributed by atoms with E-state index in [2.05, 4.69) is 328 Å². The summed E-state index contributed by atoms with van der Waals surface area (Å²) in [5, 5.41) is 44.4. The molecule has 0 bridgehead atoms. The first-order chi connectivity index (χ1) is 72.6. The molecular formula is C114H80Br4N14O11S6. The maximum Gasteiger partial charge on any atom is 0.333 e. The molecule has 2 fully saturated rings. The molecule has 2 aliphatic rings. The number of hydroxylamine groups is 4. The Morgan fingerprint density at radius 3 is 1.07 bits per heavy atom. The second kappa shape index (κ2) is 45.5. The van der Waals surface area contributed by atoms with Crippen molar-refractivity contribution in [3.8, 4) is 140 Å². The summed E-state index contributed by atoms with van der Waals surface area (Å²) in [6.07, 6.45) is 16.8. The van der Waals surface area contributed by atoms with Gasteiger partial charge in [0.2, 0.25) is 0 Å². The van der Waals surface area contributed by atoms with Crippen LogP contribution in [-0.2, 0) is 45.0 Å². The fraction of sp³-hybridized carbons (Fsp3) is 0.123. The molecule has 149 heavy (non-hydrogen) atoms. The second-order valence-corrected chi connectivity index (χ2v) is 43.8. The Hall–Kier alpha value is -14.8. The van der Waals surface area contributed by atoms with Gasteiger partial charge in [-0.3, -0.25) is 29.1 Å². The van der Waals surface area contributed by atoms with Crippen molar-refractivity contribution in [3.63, 3.8) is 0 Å². The monoisotopic (exact) mass is 2330 g/mol. The molecule has 736 valence electrons. The van der Waals surface area contributed by atoms with Gasteiger partial charge >= 0.3 is 11.9 Å². The number of thiophene rings is 6. The van der Waals surface area contributed by atoms with Crippen molar-refractivity contribution in [3.05, 3.63) is 322 Å². The third-order valence-electron chi connectivity index (χ3n) is 25.3. The van der Waals surface area contributed by atoms with Crippen molar-refractivity contribution in [1.82, 2.24) is 66.0 Å². The zero-order valence-electron chi connectivity index (χ0n) is 78.6. The predicted molar refractivity (Wildman–Crippen MR) is 593 cm³/mol. The van der Waals surface area contributed by atoms with Crippen LogP contribution < -0.4 is 21.5 Å². The lowest BCUT2D eigenvalue weighted by Crippen LogP contribution is -3.00. The van der Waals surface area contributed by atoms with E-state index in [9.17, 15) is 28.8 Å². The molecule has 0 spiro atoms. The first-order valence-corrected chi connectivity index (χ1v) is 55.2. The molecule has 2 aliphatic heterocycles. The number of hydrogen-bond acceptors (Lipinski definition) is 28. The van der Waals surface area contributed by atoms with Crippen molar-refractivity contribution in [1.29, 1.82) is 0 Å². The Kier molecular flexibility index (Phi) is 30.6. The van der Waals surface area contributed by atoms with Gasteiger partial charge in [-0.1, -0.05) is 192 Å². The molecular weight excluding hydrogens is 2250 g/mol. The zero-order valence-corrected chi connectivity index (χ0v) is 89.9. The van der Waals surface area contributed by atoms with Crippen LogP contribution in [0.15, 0.2) is 336 Å². The number of carbonyl (C=O) groups is 6. The Bertz CT molecular complexity index is 8920. The maximum absolute atomic E-state index is 12.3. The van der Waals surface area contributed by atoms with Gasteiger partial charge in [-0.05, 0) is 255 Å². The number of alkyl halides is 1. The number of nitrogens with zero attached hydrogens (tertiary/aromatic N) is 14. The van der Waals surface area contributed by atoms with Crippen LogP contribution in [-0.4, -0.2) is 107 Å². The molecule has 15 aromatic heterocycles. The van der Waals surface area contributed by atoms with Gasteiger partial charge in [0.05, 0.1) is 35.5 Å². The molecule has 2 saturated heterocycles. The topological polar surface area (TPSA) is 312 Å². The first-order valence-electron chi connectivity index (χ1n) is 47.4. The number of carbonyl (C=O) groups excluding carboxylic acids is 6. The zero-order chi connectivity index (χ0) is 101. The summed E-state index contributed by atoms with van der Waals surface area (Å²) < 4.78 is 20.2. The van der Waals surface area contributed by atoms with E-state index in [4.69, 9.17) is 38.5 Å². The largest absolute Gasteiger partial charge is 1.00 e. The molecule has 0 saturated carbocycles. The quantitative estimate of drug-likeness (QED) is 0.0210. The number of benzene rings is 8. The number of rotatable bonds is 26. The van der Waals surface area contributed by atoms with E-state index in [0.717, 1.165) is 164 Å². The Labute approximate surface area is 910 Å². The van der Waals surface area contributed by atoms with Gasteiger partial charge in [0.15, 0.2) is 28.9 Å². The molecule has 25 rings (SSSR count). The summed E-state index contributed by atoms with van der Waals surface area (Å²) in [5.74, 6) is -2.89. The Morgan fingerprint density at radius 2 is 0.678 bits per heavy atom. The van der Waals surface area contributed by atoms with Gasteiger partial charge in [0.1, 0.15) is 40.2 Å². The van der Waals surface area contributed by atoms with E-state index in [1.165, 1.54) is 59.1 Å². The number of aromatic nitrogens is 12. The molecule has 0 unspecified atom stereocenters. The van der Waals surface area contributed by atoms with Crippen molar-refractivity contribution in [2.24, 2.45) is 0 Å². The van der Waals surface area contributed by atoms with Gasteiger partial charge in [-0.25, -0.2) is 43.0 Å². The lowest BCUT2D eigenvalue weighted by Gasteiger charge is -2.12. The van der Waals surface area contributed by atoms with Crippen LogP contribution in [0.2, 0.25) is 0 Å². The summed E-state index contributed by atoms with van der Waals surface area (Å²) in [4.78, 5) is 112. The van der Waals surface area contributed by atoms with Gasteiger partial charge in [0.25, 0.3) is 23.6 Å². The number of amides is 4. The van der Waals surface area contributed by atoms with Gasteiger partial charge in [0, 0.05) is 155 Å². The highest BCUT2D eigenvalue weighted by Crippen LogP contribution is 2.51. The van der Waals surface area contributed by atoms with Crippen LogP contribution in [0, 0.1) is 0 Å². The minimum absolute atomic E-state index is 0. The van der Waals surface area contributed by atoms with Crippen LogP contribution in [0.3, 0.4) is 0 Å². The highest BCUT2D eigenvalue weighted by molar-refractivity contribution is 9.11. The van der Waals surface area contributed by atoms with Crippen LogP contribution in [0.4, 0.5) is 0 Å². The number of pyridine rings is 6. The summed E-state index contributed by atoms with van der Waals surface area (Å²) in [5.41, 5.74) is 21.1. The smallest absolute Gasteiger partial charge is 0.333 e. The van der Waals surface area contributed by atoms with Gasteiger partial charge in [-0.15, -0.1) is 78.1 Å². The van der Waals surface area contributed by atoms with Crippen molar-refractivity contribution < 1.29 is 73.9 Å². The Balaban J connectivity index is 0.000000127. The molecule has 35 heteroatoms. The van der Waals surface area contributed by atoms with Gasteiger partial charge in [-0.2, -0.15) is 0 Å². The third kappa shape index (κ3) is 21.4. The van der Waals surface area contributed by atoms with Crippen molar-refractivity contribution >= 4 is 228 Å². The summed E-state index contributed by atoms with van der Waals surface area (Å²) >= 11 is 20.3. The average Bonchev–Trinajstić information content (AvgIpc) is 1.62. The van der Waals surface area contributed by atoms with E-state index < -0.39 is 35.6 Å². The highest BCUT2D eigenvalue weighted by Gasteiger charge is 2.36. The second-order valence-electron chi connectivity index (χ2n) is 34.7. The fourth-order valence-electron chi connectivity index (χ4n) is 18.2. The van der Waals surface area contributed by atoms with E-state index in [0.29, 0.717) is 61.8 Å². The number of aryl methyl sites for hydroxylation is 1. The molecule has 0 N–H and O–H groups in total. The number of fused-ring (bicyclic) bond motifs is 7. The number of hydrogen-bond donors (Lipinski definition) is 0. The van der Waals surface area contributed by atoms with Crippen molar-refractivity contribution in [2.45, 2.75) is 83.6 Å². The molecule has 0 aliphatic carbocycles. The molecule has 4 amide bonds. The van der Waals surface area contributed by atoms with Gasteiger partial charge < -0.3 is 26.7 Å². The Morgan fingerprint density at radius 1 is 0.336 bits per heavy atom. The molecule has 8 aromatic carbocycles. The van der Waals surface area contributed by atoms with Crippen molar-refractivity contribution in [2.75, 3.05) is 5.33 Å². The van der Waals surface area contributed by atoms with E-state index in [1.54, 1.807) is 92.8 Å². The fourth-order valence-corrected chi connectivity index (χ4v) is 25.4. The van der Waals surface area contributed by atoms with E-state index in [1.807, 2.05) is 54.2 Å². The van der Waals surface area contributed by atoms with Crippen LogP contribution >= 0.6 is 116 Å². The maximum atomic E-state index is 12.3. The summed E-state index contributed by atoms with van der Waals surface area (Å²) in [6, 6.07) is 90.6. The predicted octanol–water partition coefficient (Wildman–Crippen LogP) is 26.8. The number of imide groups is 2. The molecule has 23 aromatic rings. The number of halogens is 4. The van der Waals surface area contributed by atoms with Crippen LogP contribution in [0.5, 0.6) is 0 Å². The SMILES string of the molecule is Brc1csc(-c2c(-c3ccncc3)nc(-c3ccc(Br)s3)c3nonc23)c1.O=C(CCCCCBr)ON1C(=O)CCC1=O.O=C(CCCCC[n+]1ccc(-c2nc(-c3ccc(-c4cccc5ccccc45)s3)c3nonc3c2-c2cc(-c3cccc4ccccc34)cs2)cc1)ON1C(=O)CCC1=O.[Br-].c1ccc2c(-c3csc(-c4c(-c5ccncc5)nc(-c5ccc(-c6cccc7ccccc67)s5)c5nonc45)c3)cccc2c1. The first kappa shape index (κ1) is 100. The third-order valence-corrected chi connectivity index (χ3v) is 33.4. The molecule has 0 atom stereocenters. The average molecular weight is 2330 g/mol. The summed E-state index contributed by atoms with van der Waals surface area (Å²) in [6.45, 7) is 0.738. The van der Waals surface area contributed by atoms with Crippen LogP contribution in [0.1, 0.15) is 77.0 Å². The number of unbranched alkanes of at least 4 members (excludes halogenated alkanes) is 4. The molecule has 0 radical (unpaired) electrons. The minimum Gasteiger partial charge on any atom is -1.00 e. The highest BCUT2D eigenvalue weighted by atomic mass is 79.9. The normalized spacial score (nSPS) is 12.4. The minimum atomic E-state index is -0.570.